The van der Waals surface area contributed by atoms with Gasteiger partial charge in [0.2, 0.25) is 0 Å². The van der Waals surface area contributed by atoms with E-state index >= 15 is 0 Å². The maximum Gasteiger partial charge on any atom is 0.284 e. The molecule has 0 bridgehead atoms. The fourth-order valence-electron chi connectivity index (χ4n) is 1.10. The van der Waals surface area contributed by atoms with E-state index in [0.717, 1.165) is 0 Å². The SMILES string of the molecule is O=C1c2ccccc2OCN1O. The monoisotopic (exact) mass is 165 g/mol. The molecule has 0 spiro atoms. The van der Waals surface area contributed by atoms with Gasteiger partial charge in [0.05, 0.1) is 5.56 Å². The number of benzene rings is 1. The second-order valence-electron chi connectivity index (χ2n) is 2.47. The first-order chi connectivity index (χ1) is 5.79. The van der Waals surface area contributed by atoms with Gasteiger partial charge in [-0.25, -0.2) is 0 Å². The number of hydrogen-bond donors (Lipinski definition) is 1. The molecule has 1 N–H and O–H groups in total. The molecule has 62 valence electrons. The summed E-state index contributed by atoms with van der Waals surface area (Å²) < 4.78 is 5.06. The predicted molar refractivity (Wildman–Crippen MR) is 39.9 cm³/mol. The fourth-order valence-corrected chi connectivity index (χ4v) is 1.10. The van der Waals surface area contributed by atoms with Crippen molar-refractivity contribution in [2.75, 3.05) is 6.73 Å². The number of hydroxylamine groups is 2. The summed E-state index contributed by atoms with van der Waals surface area (Å²) in [4.78, 5) is 11.2. The number of hydrogen-bond acceptors (Lipinski definition) is 3. The van der Waals surface area contributed by atoms with Crippen molar-refractivity contribution in [1.29, 1.82) is 0 Å². The lowest BCUT2D eigenvalue weighted by atomic mass is 10.2. The molecule has 0 atom stereocenters. The molecule has 1 aromatic rings. The second kappa shape index (κ2) is 2.49. The number of amides is 1. The second-order valence-corrected chi connectivity index (χ2v) is 2.47. The van der Waals surface area contributed by atoms with Crippen molar-refractivity contribution >= 4 is 5.91 Å². The van der Waals surface area contributed by atoms with Gasteiger partial charge in [-0.15, -0.1) is 0 Å². The van der Waals surface area contributed by atoms with Crippen LogP contribution in [0.2, 0.25) is 0 Å². The Balaban J connectivity index is 2.49. The number of fused-ring (bicyclic) bond motifs is 1. The third-order valence-electron chi connectivity index (χ3n) is 1.69. The maximum atomic E-state index is 11.2. The average Bonchev–Trinajstić information content (AvgIpc) is 2.12. The number of rotatable bonds is 0. The van der Waals surface area contributed by atoms with Crippen LogP contribution in [0.5, 0.6) is 5.75 Å². The van der Waals surface area contributed by atoms with E-state index in [0.29, 0.717) is 16.4 Å². The Morgan fingerprint density at radius 2 is 2.17 bits per heavy atom. The highest BCUT2D eigenvalue weighted by Gasteiger charge is 2.23. The summed E-state index contributed by atoms with van der Waals surface area (Å²) in [7, 11) is 0. The van der Waals surface area contributed by atoms with E-state index in [1.165, 1.54) is 0 Å². The van der Waals surface area contributed by atoms with Gasteiger partial charge in [0, 0.05) is 0 Å². The Bertz CT molecular complexity index is 324. The Labute approximate surface area is 68.9 Å². The molecule has 0 aromatic heterocycles. The lowest BCUT2D eigenvalue weighted by Crippen LogP contribution is -2.35. The molecule has 2 rings (SSSR count). The van der Waals surface area contributed by atoms with Crippen molar-refractivity contribution in [3.05, 3.63) is 29.8 Å². The maximum absolute atomic E-state index is 11.2. The molecule has 1 aliphatic heterocycles. The van der Waals surface area contributed by atoms with Gasteiger partial charge in [0.15, 0.2) is 6.73 Å². The third kappa shape index (κ3) is 0.931. The van der Waals surface area contributed by atoms with Crippen LogP contribution in [0.4, 0.5) is 0 Å². The number of ether oxygens (including phenoxy) is 1. The van der Waals surface area contributed by atoms with E-state index in [1.54, 1.807) is 24.3 Å². The first-order valence-corrected chi connectivity index (χ1v) is 3.51. The van der Waals surface area contributed by atoms with Gasteiger partial charge in [-0.3, -0.25) is 10.0 Å². The molecule has 4 heteroatoms. The van der Waals surface area contributed by atoms with Crippen LogP contribution in [0.1, 0.15) is 10.4 Å². The van der Waals surface area contributed by atoms with Gasteiger partial charge in [0.25, 0.3) is 5.91 Å². The predicted octanol–water partition coefficient (Wildman–Crippen LogP) is 0.868. The van der Waals surface area contributed by atoms with E-state index in [4.69, 9.17) is 9.94 Å². The van der Waals surface area contributed by atoms with E-state index in [9.17, 15) is 4.79 Å². The Morgan fingerprint density at radius 3 is 3.00 bits per heavy atom. The van der Waals surface area contributed by atoms with Crippen molar-refractivity contribution < 1.29 is 14.7 Å². The first-order valence-electron chi connectivity index (χ1n) is 3.51. The zero-order valence-electron chi connectivity index (χ0n) is 6.23. The largest absolute Gasteiger partial charge is 0.470 e. The molecule has 4 nitrogen and oxygen atoms in total. The molecular formula is C8H7NO3. The molecule has 0 unspecified atom stereocenters. The molecule has 1 amide bonds. The van der Waals surface area contributed by atoms with Crippen molar-refractivity contribution in [1.82, 2.24) is 5.06 Å². The Morgan fingerprint density at radius 1 is 1.42 bits per heavy atom. The van der Waals surface area contributed by atoms with E-state index in [-0.39, 0.29) is 6.73 Å². The van der Waals surface area contributed by atoms with Gasteiger partial charge in [0.1, 0.15) is 5.75 Å². The van der Waals surface area contributed by atoms with Crippen LogP contribution in [0.25, 0.3) is 0 Å². The minimum absolute atomic E-state index is 0.101. The fraction of sp³-hybridized carbons (Fsp3) is 0.125. The van der Waals surface area contributed by atoms with Gasteiger partial charge in [-0.05, 0) is 12.1 Å². The molecule has 0 saturated heterocycles. The highest BCUT2D eigenvalue weighted by Crippen LogP contribution is 2.22. The van der Waals surface area contributed by atoms with Crippen molar-refractivity contribution in [3.63, 3.8) is 0 Å². The van der Waals surface area contributed by atoms with Crippen LogP contribution in [-0.4, -0.2) is 22.9 Å². The van der Waals surface area contributed by atoms with E-state index in [1.807, 2.05) is 0 Å². The molecule has 12 heavy (non-hydrogen) atoms. The lowest BCUT2D eigenvalue weighted by molar-refractivity contribution is -0.104. The first kappa shape index (κ1) is 7.12. The third-order valence-corrected chi connectivity index (χ3v) is 1.69. The Hall–Kier alpha value is -1.55. The zero-order valence-corrected chi connectivity index (χ0v) is 6.23. The molecule has 0 saturated carbocycles. The van der Waals surface area contributed by atoms with Crippen LogP contribution in [0.3, 0.4) is 0 Å². The molecule has 0 aliphatic carbocycles. The molecule has 0 radical (unpaired) electrons. The van der Waals surface area contributed by atoms with Crippen LogP contribution in [-0.2, 0) is 0 Å². The summed E-state index contributed by atoms with van der Waals surface area (Å²) in [5.41, 5.74) is 0.395. The summed E-state index contributed by atoms with van der Waals surface area (Å²) in [6.45, 7) is -0.101. The number of carbonyl (C=O) groups is 1. The smallest absolute Gasteiger partial charge is 0.284 e. The van der Waals surface area contributed by atoms with E-state index in [2.05, 4.69) is 0 Å². The summed E-state index contributed by atoms with van der Waals surface area (Å²) >= 11 is 0. The van der Waals surface area contributed by atoms with Crippen LogP contribution >= 0.6 is 0 Å². The molecule has 1 aliphatic rings. The number of nitrogens with zero attached hydrogens (tertiary/aromatic N) is 1. The van der Waals surface area contributed by atoms with Crippen LogP contribution < -0.4 is 4.74 Å². The van der Waals surface area contributed by atoms with Crippen LogP contribution in [0, 0.1) is 0 Å². The van der Waals surface area contributed by atoms with Crippen molar-refractivity contribution in [2.45, 2.75) is 0 Å². The van der Waals surface area contributed by atoms with Gasteiger partial charge < -0.3 is 4.74 Å². The zero-order chi connectivity index (χ0) is 8.55. The van der Waals surface area contributed by atoms with Crippen molar-refractivity contribution in [3.8, 4) is 5.75 Å². The van der Waals surface area contributed by atoms with E-state index < -0.39 is 5.91 Å². The van der Waals surface area contributed by atoms with Gasteiger partial charge in [-0.2, -0.15) is 5.06 Å². The topological polar surface area (TPSA) is 49.8 Å². The summed E-state index contributed by atoms with van der Waals surface area (Å²) in [6, 6.07) is 6.80. The molecule has 1 heterocycles. The average molecular weight is 165 g/mol. The molecule has 0 fully saturated rings. The minimum Gasteiger partial charge on any atom is -0.470 e. The molecule has 1 aromatic carbocycles. The quantitative estimate of drug-likeness (QED) is 0.580. The minimum atomic E-state index is -0.420. The Kier molecular flexibility index (Phi) is 1.48. The highest BCUT2D eigenvalue weighted by molar-refractivity contribution is 5.96. The highest BCUT2D eigenvalue weighted by atomic mass is 16.6. The van der Waals surface area contributed by atoms with Gasteiger partial charge >= 0.3 is 0 Å². The standard InChI is InChI=1S/C8H7NO3/c10-8-6-3-1-2-4-7(6)12-5-9(8)11/h1-4,11H,5H2. The lowest BCUT2D eigenvalue weighted by Gasteiger charge is -2.22. The van der Waals surface area contributed by atoms with Gasteiger partial charge in [-0.1, -0.05) is 12.1 Å². The van der Waals surface area contributed by atoms with Crippen molar-refractivity contribution in [2.24, 2.45) is 0 Å². The summed E-state index contributed by atoms with van der Waals surface area (Å²) in [6.07, 6.45) is 0. The summed E-state index contributed by atoms with van der Waals surface area (Å²) in [5, 5.41) is 9.53. The molecular weight excluding hydrogens is 158 g/mol. The normalized spacial score (nSPS) is 15.4. The number of carbonyl (C=O) groups excluding carboxylic acids is 1. The summed E-state index contributed by atoms with van der Waals surface area (Å²) in [5.74, 6) is 0.102. The number of para-hydroxylation sites is 1. The van der Waals surface area contributed by atoms with Crippen LogP contribution in [0.15, 0.2) is 24.3 Å².